The zero-order chi connectivity index (χ0) is 27.3. The molecular formula is C30H31FN2O6. The number of benzene rings is 2. The lowest BCUT2D eigenvalue weighted by molar-refractivity contribution is -0.137. The normalized spacial score (nSPS) is 20.5. The molecule has 204 valence electrons. The Bertz CT molecular complexity index is 1430. The van der Waals surface area contributed by atoms with Crippen LogP contribution in [-0.2, 0) is 16.0 Å². The Morgan fingerprint density at radius 1 is 1.15 bits per heavy atom. The number of carboxylic acids is 1. The van der Waals surface area contributed by atoms with Gasteiger partial charge in [-0.05, 0) is 61.6 Å². The molecule has 1 unspecified atom stereocenters. The summed E-state index contributed by atoms with van der Waals surface area (Å²) in [6.45, 7) is 8.03. The fraction of sp³-hybridized carbons (Fsp3) is 0.433. The van der Waals surface area contributed by atoms with Gasteiger partial charge in [-0.3, -0.25) is 4.79 Å². The molecule has 1 aromatic heterocycles. The summed E-state index contributed by atoms with van der Waals surface area (Å²) in [6, 6.07) is 8.92. The Morgan fingerprint density at radius 3 is 2.62 bits per heavy atom. The van der Waals surface area contributed by atoms with Gasteiger partial charge in [0.25, 0.3) is 0 Å². The van der Waals surface area contributed by atoms with Crippen LogP contribution in [0.1, 0.15) is 59.9 Å². The highest BCUT2D eigenvalue weighted by Crippen LogP contribution is 2.44. The quantitative estimate of drug-likeness (QED) is 0.414. The highest BCUT2D eigenvalue weighted by molar-refractivity contribution is 5.74. The zero-order valence-corrected chi connectivity index (χ0v) is 22.3. The lowest BCUT2D eigenvalue weighted by Gasteiger charge is -2.37. The minimum absolute atomic E-state index is 0.0205. The van der Waals surface area contributed by atoms with Crippen molar-refractivity contribution >= 4 is 5.97 Å². The van der Waals surface area contributed by atoms with Gasteiger partial charge in [0.2, 0.25) is 0 Å². The molecule has 1 saturated heterocycles. The molecule has 0 radical (unpaired) electrons. The van der Waals surface area contributed by atoms with Crippen LogP contribution >= 0.6 is 0 Å². The van der Waals surface area contributed by atoms with Gasteiger partial charge in [0.1, 0.15) is 30.0 Å². The van der Waals surface area contributed by atoms with Gasteiger partial charge in [0.05, 0.1) is 37.6 Å². The molecule has 1 aliphatic carbocycles. The van der Waals surface area contributed by atoms with Crippen molar-refractivity contribution in [1.82, 2.24) is 9.97 Å². The number of ether oxygens (including phenoxy) is 4. The summed E-state index contributed by atoms with van der Waals surface area (Å²) >= 11 is 0. The number of nitrogens with zero attached hydrogens (tertiary/aromatic N) is 2. The summed E-state index contributed by atoms with van der Waals surface area (Å²) < 4.78 is 38.2. The number of carboxylic acid groups (broad SMARTS) is 1. The molecular weight excluding hydrogens is 503 g/mol. The molecule has 0 spiro atoms. The number of hydrogen-bond acceptors (Lipinski definition) is 7. The maximum atomic E-state index is 15.0. The van der Waals surface area contributed by atoms with Gasteiger partial charge in [0, 0.05) is 28.5 Å². The second-order valence-corrected chi connectivity index (χ2v) is 11.1. The van der Waals surface area contributed by atoms with Gasteiger partial charge in [-0.25, -0.2) is 4.39 Å². The summed E-state index contributed by atoms with van der Waals surface area (Å²) in [4.78, 5) is 20.3. The molecule has 0 bridgehead atoms. The number of aliphatic carboxylic acids is 1. The monoisotopic (exact) mass is 534 g/mol. The summed E-state index contributed by atoms with van der Waals surface area (Å²) in [7, 11) is 0. The average molecular weight is 535 g/mol. The number of hydrogen-bond donors (Lipinski definition) is 1. The standard InChI is InChI=1S/C30H31FN2O6/c1-16-28(17(2)33-29(32-16)38-15-30(3)13-36-14-30)24-10-19(31)9-23-22(24)6-7-25(23)39-20-4-5-21-18(8-27(34)35)12-37-26(21)11-20/h4-5,9-11,18,25H,6-8,12-15H2,1-3H3,(H,34,35)/t18?,25-/m1/s1. The fourth-order valence-electron chi connectivity index (χ4n) is 5.79. The predicted octanol–water partition coefficient (Wildman–Crippen LogP) is 5.33. The first-order valence-corrected chi connectivity index (χ1v) is 13.2. The van der Waals surface area contributed by atoms with Gasteiger partial charge >= 0.3 is 12.0 Å². The number of aryl methyl sites for hydroxylation is 2. The molecule has 1 N–H and O–H groups in total. The van der Waals surface area contributed by atoms with Crippen LogP contribution in [0, 0.1) is 25.1 Å². The number of rotatable bonds is 8. The number of fused-ring (bicyclic) bond motifs is 2. The summed E-state index contributed by atoms with van der Waals surface area (Å²) in [5, 5.41) is 9.15. The average Bonchev–Trinajstić information content (AvgIpc) is 3.44. The van der Waals surface area contributed by atoms with E-state index < -0.39 is 5.97 Å². The first-order valence-electron chi connectivity index (χ1n) is 13.2. The minimum atomic E-state index is -0.853. The summed E-state index contributed by atoms with van der Waals surface area (Å²) in [5.74, 6) is -0.118. The molecule has 1 fully saturated rings. The van der Waals surface area contributed by atoms with E-state index in [9.17, 15) is 9.18 Å². The van der Waals surface area contributed by atoms with Crippen molar-refractivity contribution < 1.29 is 33.2 Å². The highest BCUT2D eigenvalue weighted by atomic mass is 19.1. The van der Waals surface area contributed by atoms with Crippen LogP contribution < -0.4 is 14.2 Å². The Labute approximate surface area is 226 Å². The Kier molecular flexibility index (Phi) is 6.41. The molecule has 0 amide bonds. The molecule has 6 rings (SSSR count). The fourth-order valence-corrected chi connectivity index (χ4v) is 5.79. The van der Waals surface area contributed by atoms with Crippen molar-refractivity contribution in [3.63, 3.8) is 0 Å². The second kappa shape index (κ2) is 9.79. The van der Waals surface area contributed by atoms with Crippen LogP contribution in [0.5, 0.6) is 17.5 Å². The van der Waals surface area contributed by atoms with Gasteiger partial charge < -0.3 is 24.1 Å². The van der Waals surface area contributed by atoms with E-state index in [1.165, 1.54) is 0 Å². The van der Waals surface area contributed by atoms with E-state index in [4.69, 9.17) is 24.1 Å². The van der Waals surface area contributed by atoms with E-state index >= 15 is 0 Å². The van der Waals surface area contributed by atoms with Crippen LogP contribution in [0.25, 0.3) is 11.1 Å². The SMILES string of the molecule is Cc1nc(OCC2(C)COC2)nc(C)c1-c1cc(F)cc2c1CC[C@H]2Oc1ccc2c(c1)OCC2CC(=O)O. The van der Waals surface area contributed by atoms with Gasteiger partial charge in [-0.2, -0.15) is 9.97 Å². The van der Waals surface area contributed by atoms with Crippen molar-refractivity contribution in [2.24, 2.45) is 5.41 Å². The van der Waals surface area contributed by atoms with Crippen molar-refractivity contribution in [2.45, 2.75) is 52.1 Å². The Balaban J connectivity index is 1.25. The van der Waals surface area contributed by atoms with Gasteiger partial charge in [-0.15, -0.1) is 0 Å². The topological polar surface area (TPSA) is 100 Å². The van der Waals surface area contributed by atoms with Crippen molar-refractivity contribution in [3.8, 4) is 28.6 Å². The molecule has 8 nitrogen and oxygen atoms in total. The van der Waals surface area contributed by atoms with Crippen LogP contribution in [0.2, 0.25) is 0 Å². The van der Waals surface area contributed by atoms with E-state index in [0.29, 0.717) is 50.4 Å². The van der Waals surface area contributed by atoms with E-state index in [2.05, 4.69) is 16.9 Å². The molecule has 2 aromatic carbocycles. The van der Waals surface area contributed by atoms with Crippen LogP contribution in [0.15, 0.2) is 30.3 Å². The van der Waals surface area contributed by atoms with Gasteiger partial charge in [-0.1, -0.05) is 13.0 Å². The molecule has 0 saturated carbocycles. The number of carbonyl (C=O) groups is 1. The second-order valence-electron chi connectivity index (χ2n) is 11.1. The Hall–Kier alpha value is -3.72. The number of halogens is 1. The van der Waals surface area contributed by atoms with E-state index in [1.807, 2.05) is 26.0 Å². The smallest absolute Gasteiger partial charge is 0.316 e. The minimum Gasteiger partial charge on any atom is -0.492 e. The third kappa shape index (κ3) is 4.91. The van der Waals surface area contributed by atoms with Crippen molar-refractivity contribution in [2.75, 3.05) is 26.4 Å². The molecule has 3 aromatic rings. The van der Waals surface area contributed by atoms with Gasteiger partial charge in [0.15, 0.2) is 0 Å². The third-order valence-corrected chi connectivity index (χ3v) is 7.79. The molecule has 3 heterocycles. The first kappa shape index (κ1) is 25.6. The predicted molar refractivity (Wildman–Crippen MR) is 140 cm³/mol. The van der Waals surface area contributed by atoms with E-state index in [-0.39, 0.29) is 29.7 Å². The molecule has 39 heavy (non-hydrogen) atoms. The highest BCUT2D eigenvalue weighted by Gasteiger charge is 2.35. The Morgan fingerprint density at radius 2 is 1.92 bits per heavy atom. The van der Waals surface area contributed by atoms with Crippen LogP contribution in [0.4, 0.5) is 4.39 Å². The molecule has 2 aliphatic heterocycles. The molecule has 2 atom stereocenters. The van der Waals surface area contributed by atoms with Crippen LogP contribution in [-0.4, -0.2) is 47.5 Å². The lowest BCUT2D eigenvalue weighted by Crippen LogP contribution is -2.44. The maximum absolute atomic E-state index is 15.0. The van der Waals surface area contributed by atoms with Crippen molar-refractivity contribution in [3.05, 3.63) is 64.2 Å². The third-order valence-electron chi connectivity index (χ3n) is 7.79. The summed E-state index contributed by atoms with van der Waals surface area (Å²) in [5.41, 5.74) is 5.76. The van der Waals surface area contributed by atoms with Crippen molar-refractivity contribution in [1.29, 1.82) is 0 Å². The zero-order valence-electron chi connectivity index (χ0n) is 22.3. The molecule has 9 heteroatoms. The largest absolute Gasteiger partial charge is 0.492 e. The van der Waals surface area contributed by atoms with E-state index in [1.54, 1.807) is 18.2 Å². The first-order chi connectivity index (χ1) is 18.7. The summed E-state index contributed by atoms with van der Waals surface area (Å²) in [6.07, 6.45) is 1.13. The number of aromatic nitrogens is 2. The van der Waals surface area contributed by atoms with Crippen LogP contribution in [0.3, 0.4) is 0 Å². The lowest BCUT2D eigenvalue weighted by atomic mass is 9.90. The maximum Gasteiger partial charge on any atom is 0.316 e. The molecule has 3 aliphatic rings. The van der Waals surface area contributed by atoms with E-state index in [0.717, 1.165) is 45.6 Å².